The van der Waals surface area contributed by atoms with Gasteiger partial charge < -0.3 is 4.74 Å². The Hall–Kier alpha value is -0.720. The standard InChI is InChI=1S/C9H6BrNO2S2/c1-13-7-4-6(15-11-7)8(12)5-2-3-14-9(5)10/h2-4H,1H3. The maximum absolute atomic E-state index is 11.9. The summed E-state index contributed by atoms with van der Waals surface area (Å²) in [6.07, 6.45) is 0. The molecule has 78 valence electrons. The van der Waals surface area contributed by atoms with Crippen LogP contribution in [0.4, 0.5) is 0 Å². The van der Waals surface area contributed by atoms with Gasteiger partial charge in [0.15, 0.2) is 0 Å². The largest absolute Gasteiger partial charge is 0.480 e. The van der Waals surface area contributed by atoms with Crippen LogP contribution in [0.5, 0.6) is 5.88 Å². The van der Waals surface area contributed by atoms with Crippen LogP contribution in [0.1, 0.15) is 15.2 Å². The van der Waals surface area contributed by atoms with Crippen molar-refractivity contribution in [2.24, 2.45) is 0 Å². The number of methoxy groups -OCH3 is 1. The molecule has 0 fully saturated rings. The molecule has 2 rings (SSSR count). The minimum Gasteiger partial charge on any atom is -0.480 e. The molecule has 3 nitrogen and oxygen atoms in total. The number of carbonyl (C=O) groups is 1. The molecule has 2 aromatic heterocycles. The lowest BCUT2D eigenvalue weighted by atomic mass is 10.2. The Balaban J connectivity index is 2.32. The second-order valence-corrected chi connectivity index (χ2v) is 5.71. The van der Waals surface area contributed by atoms with Crippen molar-refractivity contribution in [1.29, 1.82) is 0 Å². The van der Waals surface area contributed by atoms with E-state index in [0.29, 0.717) is 16.3 Å². The summed E-state index contributed by atoms with van der Waals surface area (Å²) in [6.45, 7) is 0. The third-order valence-corrected chi connectivity index (χ3v) is 4.24. The zero-order valence-electron chi connectivity index (χ0n) is 7.69. The summed E-state index contributed by atoms with van der Waals surface area (Å²) < 4.78 is 9.76. The molecular weight excluding hydrogens is 298 g/mol. The second kappa shape index (κ2) is 4.42. The molecule has 0 aliphatic rings. The van der Waals surface area contributed by atoms with Gasteiger partial charge in [0.1, 0.15) is 0 Å². The molecule has 0 aliphatic heterocycles. The van der Waals surface area contributed by atoms with Gasteiger partial charge in [-0.15, -0.1) is 11.3 Å². The molecule has 0 unspecified atom stereocenters. The first-order chi connectivity index (χ1) is 7.22. The molecule has 0 aliphatic carbocycles. The first kappa shape index (κ1) is 10.8. The average molecular weight is 304 g/mol. The van der Waals surface area contributed by atoms with Crippen molar-refractivity contribution in [3.8, 4) is 5.88 Å². The molecular formula is C9H6BrNO2S2. The van der Waals surface area contributed by atoms with Gasteiger partial charge in [0.05, 0.1) is 15.8 Å². The van der Waals surface area contributed by atoms with Crippen LogP contribution in [0.25, 0.3) is 0 Å². The third kappa shape index (κ3) is 2.11. The Morgan fingerprint density at radius 2 is 2.40 bits per heavy atom. The zero-order valence-corrected chi connectivity index (χ0v) is 10.9. The minimum atomic E-state index is -0.0241. The first-order valence-electron chi connectivity index (χ1n) is 4.00. The van der Waals surface area contributed by atoms with E-state index in [1.165, 1.54) is 18.4 Å². The number of halogens is 1. The molecule has 0 N–H and O–H groups in total. The molecule has 0 radical (unpaired) electrons. The Morgan fingerprint density at radius 3 is 2.93 bits per heavy atom. The number of carbonyl (C=O) groups excluding carboxylic acids is 1. The summed E-state index contributed by atoms with van der Waals surface area (Å²) >= 11 is 5.98. The third-order valence-electron chi connectivity index (χ3n) is 1.78. The number of ketones is 1. The van der Waals surface area contributed by atoms with E-state index < -0.39 is 0 Å². The second-order valence-electron chi connectivity index (χ2n) is 2.67. The number of aromatic nitrogens is 1. The van der Waals surface area contributed by atoms with E-state index in [2.05, 4.69) is 20.3 Å². The van der Waals surface area contributed by atoms with Crippen molar-refractivity contribution < 1.29 is 9.53 Å². The maximum Gasteiger partial charge on any atom is 0.225 e. The predicted molar refractivity (Wildman–Crippen MR) is 64.1 cm³/mol. The Labute approximate surface area is 103 Å². The Bertz CT molecular complexity index is 492. The van der Waals surface area contributed by atoms with Crippen LogP contribution in [0.2, 0.25) is 0 Å². The topological polar surface area (TPSA) is 39.2 Å². The van der Waals surface area contributed by atoms with E-state index in [1.54, 1.807) is 12.1 Å². The van der Waals surface area contributed by atoms with Gasteiger partial charge in [0, 0.05) is 11.6 Å². The molecule has 2 aromatic rings. The van der Waals surface area contributed by atoms with Crippen molar-refractivity contribution in [3.05, 3.63) is 31.7 Å². The quantitative estimate of drug-likeness (QED) is 0.817. The molecule has 15 heavy (non-hydrogen) atoms. The molecule has 0 atom stereocenters. The number of nitrogens with zero attached hydrogens (tertiary/aromatic N) is 1. The minimum absolute atomic E-state index is 0.0241. The van der Waals surface area contributed by atoms with Crippen molar-refractivity contribution in [2.75, 3.05) is 7.11 Å². The SMILES string of the molecule is COc1cc(C(=O)c2ccsc2Br)sn1. The van der Waals surface area contributed by atoms with Crippen LogP contribution in [0.3, 0.4) is 0 Å². The van der Waals surface area contributed by atoms with E-state index in [-0.39, 0.29) is 5.78 Å². The monoisotopic (exact) mass is 303 g/mol. The van der Waals surface area contributed by atoms with Gasteiger partial charge in [-0.25, -0.2) is 0 Å². The number of hydrogen-bond acceptors (Lipinski definition) is 5. The van der Waals surface area contributed by atoms with E-state index in [9.17, 15) is 4.79 Å². The van der Waals surface area contributed by atoms with Crippen LogP contribution in [0.15, 0.2) is 21.3 Å². The first-order valence-corrected chi connectivity index (χ1v) is 6.45. The lowest BCUT2D eigenvalue weighted by Gasteiger charge is -1.93. The highest BCUT2D eigenvalue weighted by Crippen LogP contribution is 2.28. The van der Waals surface area contributed by atoms with E-state index in [0.717, 1.165) is 15.3 Å². The molecule has 0 saturated heterocycles. The van der Waals surface area contributed by atoms with Gasteiger partial charge in [0.25, 0.3) is 0 Å². The molecule has 0 aromatic carbocycles. The molecule has 6 heteroatoms. The number of thiophene rings is 1. The van der Waals surface area contributed by atoms with Crippen molar-refractivity contribution >= 4 is 44.6 Å². The number of hydrogen-bond donors (Lipinski definition) is 0. The molecule has 0 bridgehead atoms. The van der Waals surface area contributed by atoms with Crippen LogP contribution in [0, 0.1) is 0 Å². The van der Waals surface area contributed by atoms with Crippen molar-refractivity contribution in [3.63, 3.8) is 0 Å². The van der Waals surface area contributed by atoms with Crippen molar-refractivity contribution in [2.45, 2.75) is 0 Å². The highest BCUT2D eigenvalue weighted by atomic mass is 79.9. The molecule has 0 saturated carbocycles. The summed E-state index contributed by atoms with van der Waals surface area (Å²) in [5.74, 6) is 0.457. The summed E-state index contributed by atoms with van der Waals surface area (Å²) in [6, 6.07) is 3.44. The Morgan fingerprint density at radius 1 is 1.60 bits per heavy atom. The van der Waals surface area contributed by atoms with Crippen LogP contribution in [-0.2, 0) is 0 Å². The Kier molecular flexibility index (Phi) is 3.18. The van der Waals surface area contributed by atoms with E-state index in [4.69, 9.17) is 4.74 Å². The lowest BCUT2D eigenvalue weighted by molar-refractivity contribution is 0.104. The summed E-state index contributed by atoms with van der Waals surface area (Å²) in [4.78, 5) is 12.5. The van der Waals surface area contributed by atoms with E-state index in [1.807, 2.05) is 5.38 Å². The van der Waals surface area contributed by atoms with Crippen LogP contribution < -0.4 is 4.74 Å². The summed E-state index contributed by atoms with van der Waals surface area (Å²) in [5, 5.41) is 1.87. The predicted octanol–water partition coefficient (Wildman–Crippen LogP) is 3.21. The molecule has 0 amide bonds. The molecule has 0 spiro atoms. The smallest absolute Gasteiger partial charge is 0.225 e. The van der Waals surface area contributed by atoms with Crippen LogP contribution >= 0.6 is 38.8 Å². The van der Waals surface area contributed by atoms with Gasteiger partial charge in [-0.05, 0) is 38.9 Å². The summed E-state index contributed by atoms with van der Waals surface area (Å²) in [5.41, 5.74) is 0.673. The van der Waals surface area contributed by atoms with Gasteiger partial charge >= 0.3 is 0 Å². The fraction of sp³-hybridized carbons (Fsp3) is 0.111. The summed E-state index contributed by atoms with van der Waals surface area (Å²) in [7, 11) is 1.53. The molecule has 2 heterocycles. The van der Waals surface area contributed by atoms with Crippen LogP contribution in [-0.4, -0.2) is 17.3 Å². The van der Waals surface area contributed by atoms with Gasteiger partial charge in [-0.2, -0.15) is 4.37 Å². The van der Waals surface area contributed by atoms with Gasteiger partial charge in [-0.3, -0.25) is 4.79 Å². The number of rotatable bonds is 3. The lowest BCUT2D eigenvalue weighted by Crippen LogP contribution is -1.96. The zero-order chi connectivity index (χ0) is 10.8. The highest BCUT2D eigenvalue weighted by molar-refractivity contribution is 9.11. The van der Waals surface area contributed by atoms with E-state index >= 15 is 0 Å². The highest BCUT2D eigenvalue weighted by Gasteiger charge is 2.16. The van der Waals surface area contributed by atoms with Crippen molar-refractivity contribution in [1.82, 2.24) is 4.37 Å². The average Bonchev–Trinajstić information content (AvgIpc) is 2.84. The normalized spacial score (nSPS) is 10.3. The number of ether oxygens (including phenoxy) is 1. The van der Waals surface area contributed by atoms with Gasteiger partial charge in [-0.1, -0.05) is 0 Å². The maximum atomic E-state index is 11.9. The van der Waals surface area contributed by atoms with Gasteiger partial charge in [0.2, 0.25) is 11.7 Å². The fourth-order valence-electron chi connectivity index (χ4n) is 1.05. The fourth-order valence-corrected chi connectivity index (χ4v) is 2.96.